The summed E-state index contributed by atoms with van der Waals surface area (Å²) >= 11 is 0. The monoisotopic (exact) mass is 309 g/mol. The predicted octanol–water partition coefficient (Wildman–Crippen LogP) is 2.82. The van der Waals surface area contributed by atoms with E-state index in [1.807, 2.05) is 6.07 Å². The first-order chi connectivity index (χ1) is 11.1. The van der Waals surface area contributed by atoms with Gasteiger partial charge < -0.3 is 5.11 Å². The number of phenols is 1. The van der Waals surface area contributed by atoms with Crippen molar-refractivity contribution in [2.24, 2.45) is 23.7 Å². The second-order valence-corrected chi connectivity index (χ2v) is 6.68. The third-order valence-corrected chi connectivity index (χ3v) is 5.46. The van der Waals surface area contributed by atoms with Crippen molar-refractivity contribution in [2.45, 2.75) is 18.9 Å². The number of aromatic hydroxyl groups is 1. The number of hydrogen-bond acceptors (Lipinski definition) is 3. The highest BCUT2D eigenvalue weighted by Gasteiger charge is 2.60. The first-order valence-corrected chi connectivity index (χ1v) is 8.07. The fourth-order valence-corrected chi connectivity index (χ4v) is 4.51. The van der Waals surface area contributed by atoms with Gasteiger partial charge in [0.05, 0.1) is 17.9 Å². The van der Waals surface area contributed by atoms with E-state index in [4.69, 9.17) is 0 Å². The molecule has 0 spiro atoms. The number of benzene rings is 1. The molecule has 2 amide bonds. The predicted molar refractivity (Wildman–Crippen MR) is 85.2 cm³/mol. The summed E-state index contributed by atoms with van der Waals surface area (Å²) in [4.78, 5) is 27.3. The molecule has 2 bridgehead atoms. The Morgan fingerprint density at radius 3 is 2.43 bits per heavy atom. The number of likely N-dealkylation sites (tertiary alicyclic amines) is 1. The topological polar surface area (TPSA) is 57.6 Å². The van der Waals surface area contributed by atoms with E-state index in [-0.39, 0.29) is 47.3 Å². The van der Waals surface area contributed by atoms with Gasteiger partial charge in [-0.05, 0) is 42.4 Å². The highest BCUT2D eigenvalue weighted by atomic mass is 16.3. The summed E-state index contributed by atoms with van der Waals surface area (Å²) in [5.41, 5.74) is 0.770. The lowest BCUT2D eigenvalue weighted by Crippen LogP contribution is -2.36. The summed E-state index contributed by atoms with van der Waals surface area (Å²) in [6.45, 7) is 3.76. The molecule has 1 N–H and O–H groups in total. The molecule has 0 radical (unpaired) electrons. The number of allylic oxidation sites excluding steroid dienone is 2. The molecule has 4 rings (SSSR count). The molecule has 3 aliphatic rings. The summed E-state index contributed by atoms with van der Waals surface area (Å²) in [5.74, 6) is 0.0425. The summed E-state index contributed by atoms with van der Waals surface area (Å²) in [6.07, 6.45) is 7.33. The summed E-state index contributed by atoms with van der Waals surface area (Å²) in [5, 5.41) is 9.74. The Morgan fingerprint density at radius 1 is 1.22 bits per heavy atom. The average Bonchev–Trinajstić information content (AvgIpc) is 3.20. The third kappa shape index (κ3) is 1.97. The van der Waals surface area contributed by atoms with E-state index in [0.29, 0.717) is 6.42 Å². The van der Waals surface area contributed by atoms with Gasteiger partial charge in [0.2, 0.25) is 11.8 Å². The Morgan fingerprint density at radius 2 is 1.87 bits per heavy atom. The number of fused-ring (bicyclic) bond motifs is 5. The molecule has 23 heavy (non-hydrogen) atoms. The second kappa shape index (κ2) is 5.08. The number of amides is 2. The van der Waals surface area contributed by atoms with E-state index in [9.17, 15) is 14.7 Å². The lowest BCUT2D eigenvalue weighted by molar-refractivity contribution is -0.143. The maximum absolute atomic E-state index is 12.9. The maximum Gasteiger partial charge on any atom is 0.234 e. The zero-order valence-corrected chi connectivity index (χ0v) is 12.8. The van der Waals surface area contributed by atoms with Crippen molar-refractivity contribution in [2.75, 3.05) is 0 Å². The van der Waals surface area contributed by atoms with Crippen LogP contribution in [0.1, 0.15) is 24.4 Å². The van der Waals surface area contributed by atoms with E-state index in [0.717, 1.165) is 12.0 Å². The Balaban J connectivity index is 1.72. The first kappa shape index (κ1) is 14.2. The fraction of sp³-hybridized carbons (Fsp3) is 0.368. The number of phenolic OH excluding ortho intramolecular Hbond substituents is 1. The van der Waals surface area contributed by atoms with Gasteiger partial charge in [0.15, 0.2) is 0 Å². The van der Waals surface area contributed by atoms with Gasteiger partial charge in [0.1, 0.15) is 5.75 Å². The van der Waals surface area contributed by atoms with E-state index >= 15 is 0 Å². The molecule has 1 aromatic carbocycles. The Bertz CT molecular complexity index is 693. The van der Waals surface area contributed by atoms with Crippen molar-refractivity contribution < 1.29 is 14.7 Å². The number of carbonyl (C=O) groups excluding carboxylic acids is 2. The Kier molecular flexibility index (Phi) is 3.15. The van der Waals surface area contributed by atoms with Crippen molar-refractivity contribution in [3.05, 3.63) is 54.6 Å². The van der Waals surface area contributed by atoms with Crippen LogP contribution in [0.5, 0.6) is 5.75 Å². The van der Waals surface area contributed by atoms with Crippen molar-refractivity contribution in [3.8, 4) is 5.75 Å². The summed E-state index contributed by atoms with van der Waals surface area (Å²) in [6, 6.07) is 6.40. The molecule has 1 saturated heterocycles. The van der Waals surface area contributed by atoms with Crippen molar-refractivity contribution in [1.29, 1.82) is 0 Å². The fourth-order valence-electron chi connectivity index (χ4n) is 4.51. The first-order valence-electron chi connectivity index (χ1n) is 8.07. The molecule has 4 nitrogen and oxygen atoms in total. The molecule has 1 aromatic rings. The maximum atomic E-state index is 12.9. The Labute approximate surface area is 135 Å². The van der Waals surface area contributed by atoms with Crippen LogP contribution in [-0.4, -0.2) is 21.8 Å². The van der Waals surface area contributed by atoms with Crippen molar-refractivity contribution >= 4 is 11.8 Å². The number of hydrogen-bond donors (Lipinski definition) is 1. The van der Waals surface area contributed by atoms with E-state index < -0.39 is 0 Å². The molecular formula is C19H19NO3. The minimum absolute atomic E-state index is 0.0629. The van der Waals surface area contributed by atoms with Crippen LogP contribution in [0.3, 0.4) is 0 Å². The summed E-state index contributed by atoms with van der Waals surface area (Å²) in [7, 11) is 0. The van der Waals surface area contributed by atoms with Crippen LogP contribution in [0.25, 0.3) is 0 Å². The minimum atomic E-state index is -0.385. The van der Waals surface area contributed by atoms with Crippen LogP contribution in [0.15, 0.2) is 49.1 Å². The summed E-state index contributed by atoms with van der Waals surface area (Å²) < 4.78 is 0. The van der Waals surface area contributed by atoms with E-state index in [1.165, 1.54) is 4.90 Å². The normalized spacial score (nSPS) is 32.4. The zero-order chi connectivity index (χ0) is 16.1. The number of carbonyl (C=O) groups is 2. The van der Waals surface area contributed by atoms with E-state index in [2.05, 4.69) is 18.7 Å². The van der Waals surface area contributed by atoms with E-state index in [1.54, 1.807) is 24.3 Å². The molecule has 1 aliphatic heterocycles. The molecule has 5 atom stereocenters. The molecule has 1 heterocycles. The van der Waals surface area contributed by atoms with Gasteiger partial charge in [-0.3, -0.25) is 14.5 Å². The van der Waals surface area contributed by atoms with Crippen LogP contribution < -0.4 is 0 Å². The molecule has 1 saturated carbocycles. The lowest BCUT2D eigenvalue weighted by Gasteiger charge is -2.27. The average molecular weight is 309 g/mol. The molecular weight excluding hydrogens is 290 g/mol. The van der Waals surface area contributed by atoms with Gasteiger partial charge in [-0.2, -0.15) is 0 Å². The zero-order valence-electron chi connectivity index (χ0n) is 12.8. The second-order valence-electron chi connectivity index (χ2n) is 6.68. The van der Waals surface area contributed by atoms with Crippen molar-refractivity contribution in [3.63, 3.8) is 0 Å². The van der Waals surface area contributed by atoms with Gasteiger partial charge in [0, 0.05) is 0 Å². The Hall–Kier alpha value is -2.36. The number of imide groups is 1. The van der Waals surface area contributed by atoms with Gasteiger partial charge >= 0.3 is 0 Å². The van der Waals surface area contributed by atoms with Crippen LogP contribution >= 0.6 is 0 Å². The van der Waals surface area contributed by atoms with Gasteiger partial charge in [-0.25, -0.2) is 0 Å². The van der Waals surface area contributed by atoms with Crippen LogP contribution in [0.2, 0.25) is 0 Å². The van der Waals surface area contributed by atoms with Crippen molar-refractivity contribution in [1.82, 2.24) is 4.90 Å². The molecule has 118 valence electrons. The highest BCUT2D eigenvalue weighted by molar-refractivity contribution is 6.06. The lowest BCUT2D eigenvalue weighted by atomic mass is 9.85. The third-order valence-electron chi connectivity index (χ3n) is 5.46. The van der Waals surface area contributed by atoms with Gasteiger partial charge in [-0.1, -0.05) is 30.4 Å². The van der Waals surface area contributed by atoms with Gasteiger partial charge in [-0.15, -0.1) is 6.58 Å². The highest BCUT2D eigenvalue weighted by Crippen LogP contribution is 2.54. The largest absolute Gasteiger partial charge is 0.508 e. The quantitative estimate of drug-likeness (QED) is 0.687. The molecule has 0 aromatic heterocycles. The number of nitrogens with zero attached hydrogens (tertiary/aromatic N) is 1. The minimum Gasteiger partial charge on any atom is -0.508 e. The van der Waals surface area contributed by atoms with Gasteiger partial charge in [0.25, 0.3) is 0 Å². The van der Waals surface area contributed by atoms with Crippen LogP contribution in [0, 0.1) is 23.7 Å². The molecule has 2 fully saturated rings. The molecule has 5 unspecified atom stereocenters. The number of rotatable bonds is 4. The standard InChI is InChI=1S/C19H19NO3/c1-2-4-15(11-5-3-6-14(21)10-11)20-18(22)16-12-7-8-13(9-12)17(16)19(20)23/h2-3,5-8,10,12-13,15-17,21H,1,4,9H2. The molecule has 2 aliphatic carbocycles. The SMILES string of the molecule is C=CCC(c1cccc(O)c1)N1C(=O)C2C3C=CC(C3)C2C1=O. The van der Waals surface area contributed by atoms with Crippen LogP contribution in [-0.2, 0) is 9.59 Å². The smallest absolute Gasteiger partial charge is 0.234 e. The van der Waals surface area contributed by atoms with Crippen LogP contribution in [0.4, 0.5) is 0 Å². The molecule has 4 heteroatoms.